The Labute approximate surface area is 181 Å². The van der Waals surface area contributed by atoms with Crippen LogP contribution in [0.3, 0.4) is 0 Å². The maximum absolute atomic E-state index is 14.5. The molecule has 0 saturated carbocycles. The summed E-state index contributed by atoms with van der Waals surface area (Å²) in [5.74, 6) is -3.74. The number of nitrogens with two attached hydrogens (primary N) is 1. The standard InChI is InChI=1S/C20H22F2N2O.C2HF3O2/c1-13(19(23)20(25)24-10-9-16(21)12-24)15-7-8-17(18(22)11-15)14-5-3-2-4-6-14;3-2(4,5)1(6)7/h2-8,11,13,16,19H,9-10,12,23H2,1H3;(H,6,7)/t13-,16-,19-;/m0./s1. The van der Waals surface area contributed by atoms with Crippen LogP contribution in [0.1, 0.15) is 24.8 Å². The smallest absolute Gasteiger partial charge is 0.475 e. The third-order valence-electron chi connectivity index (χ3n) is 5.11. The van der Waals surface area contributed by atoms with Crippen LogP contribution in [0.25, 0.3) is 11.1 Å². The van der Waals surface area contributed by atoms with Gasteiger partial charge in [0.1, 0.15) is 12.0 Å². The first-order chi connectivity index (χ1) is 14.9. The Hall–Kier alpha value is -3.01. The number of halogens is 5. The molecule has 0 radical (unpaired) electrons. The molecule has 0 unspecified atom stereocenters. The van der Waals surface area contributed by atoms with Crippen LogP contribution in [0.15, 0.2) is 48.5 Å². The SMILES string of the molecule is C[C@@H](c1ccc(-c2ccccc2)c(F)c1)[C@H](N)C(=O)N1CC[C@H](F)C1.O=C(O)C(F)(F)F. The number of hydrogen-bond donors (Lipinski definition) is 2. The number of benzene rings is 2. The van der Waals surface area contributed by atoms with Crippen molar-refractivity contribution in [1.29, 1.82) is 0 Å². The first-order valence-electron chi connectivity index (χ1n) is 9.75. The zero-order valence-electron chi connectivity index (χ0n) is 17.2. The fourth-order valence-corrected chi connectivity index (χ4v) is 3.22. The largest absolute Gasteiger partial charge is 0.490 e. The van der Waals surface area contributed by atoms with Gasteiger partial charge in [0.2, 0.25) is 5.91 Å². The summed E-state index contributed by atoms with van der Waals surface area (Å²) in [5, 5.41) is 7.12. The molecule has 32 heavy (non-hydrogen) atoms. The average Bonchev–Trinajstić information content (AvgIpc) is 3.18. The molecule has 1 aliphatic rings. The third-order valence-corrected chi connectivity index (χ3v) is 5.11. The van der Waals surface area contributed by atoms with Crippen molar-refractivity contribution in [2.45, 2.75) is 37.7 Å². The fraction of sp³-hybridized carbons (Fsp3) is 0.364. The van der Waals surface area contributed by atoms with Crippen molar-refractivity contribution in [1.82, 2.24) is 4.90 Å². The Morgan fingerprint density at radius 3 is 2.22 bits per heavy atom. The number of carbonyl (C=O) groups excluding carboxylic acids is 1. The van der Waals surface area contributed by atoms with Gasteiger partial charge in [-0.05, 0) is 23.6 Å². The summed E-state index contributed by atoms with van der Waals surface area (Å²) in [5.41, 5.74) is 8.05. The molecule has 10 heteroatoms. The first kappa shape index (κ1) is 25.3. The quantitative estimate of drug-likeness (QED) is 0.675. The number of carboxylic acid groups (broad SMARTS) is 1. The second-order valence-electron chi connectivity index (χ2n) is 7.39. The van der Waals surface area contributed by atoms with Crippen LogP contribution in [0.2, 0.25) is 0 Å². The van der Waals surface area contributed by atoms with Gasteiger partial charge in [-0.3, -0.25) is 4.79 Å². The van der Waals surface area contributed by atoms with Gasteiger partial charge in [0.15, 0.2) is 0 Å². The van der Waals surface area contributed by atoms with Crippen LogP contribution in [0, 0.1) is 5.82 Å². The summed E-state index contributed by atoms with van der Waals surface area (Å²) >= 11 is 0. The maximum Gasteiger partial charge on any atom is 0.490 e. The molecule has 3 N–H and O–H groups in total. The van der Waals surface area contributed by atoms with E-state index in [9.17, 15) is 26.7 Å². The number of alkyl halides is 4. The summed E-state index contributed by atoms with van der Waals surface area (Å²) in [6.45, 7) is 2.28. The van der Waals surface area contributed by atoms with E-state index in [4.69, 9.17) is 15.6 Å². The van der Waals surface area contributed by atoms with Crippen LogP contribution in [0.5, 0.6) is 0 Å². The molecule has 0 aliphatic carbocycles. The van der Waals surface area contributed by atoms with E-state index in [1.165, 1.54) is 11.0 Å². The molecule has 5 nitrogen and oxygen atoms in total. The van der Waals surface area contributed by atoms with E-state index in [-0.39, 0.29) is 24.2 Å². The van der Waals surface area contributed by atoms with Crippen molar-refractivity contribution in [3.63, 3.8) is 0 Å². The van der Waals surface area contributed by atoms with E-state index in [0.717, 1.165) is 5.56 Å². The van der Waals surface area contributed by atoms with Crippen molar-refractivity contribution in [2.24, 2.45) is 5.73 Å². The number of likely N-dealkylation sites (tertiary alicyclic amines) is 1. The average molecular weight is 458 g/mol. The van der Waals surface area contributed by atoms with E-state index in [2.05, 4.69) is 0 Å². The van der Waals surface area contributed by atoms with Gasteiger partial charge < -0.3 is 15.7 Å². The van der Waals surface area contributed by atoms with Crippen LogP contribution < -0.4 is 5.73 Å². The molecule has 1 saturated heterocycles. The lowest BCUT2D eigenvalue weighted by Crippen LogP contribution is -2.45. The minimum Gasteiger partial charge on any atom is -0.475 e. The second kappa shape index (κ2) is 10.5. The minimum absolute atomic E-state index is 0.0978. The number of nitrogens with zero attached hydrogens (tertiary/aromatic N) is 1. The van der Waals surface area contributed by atoms with Crippen LogP contribution in [0.4, 0.5) is 22.0 Å². The molecule has 0 aromatic heterocycles. The van der Waals surface area contributed by atoms with Crippen molar-refractivity contribution in [3.8, 4) is 11.1 Å². The summed E-state index contributed by atoms with van der Waals surface area (Å²) in [4.78, 5) is 22.8. The Morgan fingerprint density at radius 2 is 1.75 bits per heavy atom. The topological polar surface area (TPSA) is 83.6 Å². The highest BCUT2D eigenvalue weighted by Crippen LogP contribution is 2.28. The van der Waals surface area contributed by atoms with E-state index < -0.39 is 24.4 Å². The van der Waals surface area contributed by atoms with E-state index >= 15 is 0 Å². The highest BCUT2D eigenvalue weighted by molar-refractivity contribution is 5.83. The molecule has 3 rings (SSSR count). The molecule has 0 bridgehead atoms. The summed E-state index contributed by atoms with van der Waals surface area (Å²) in [6.07, 6.45) is -5.71. The van der Waals surface area contributed by atoms with Crippen LogP contribution in [-0.2, 0) is 9.59 Å². The molecule has 1 fully saturated rings. The van der Waals surface area contributed by atoms with E-state index in [0.29, 0.717) is 24.1 Å². The van der Waals surface area contributed by atoms with Crippen molar-refractivity contribution < 1.29 is 36.6 Å². The van der Waals surface area contributed by atoms with Gasteiger partial charge in [-0.1, -0.05) is 49.4 Å². The van der Waals surface area contributed by atoms with Gasteiger partial charge >= 0.3 is 12.1 Å². The molecule has 3 atom stereocenters. The highest BCUT2D eigenvalue weighted by Gasteiger charge is 2.38. The lowest BCUT2D eigenvalue weighted by molar-refractivity contribution is -0.192. The predicted octanol–water partition coefficient (Wildman–Crippen LogP) is 4.13. The number of amides is 1. The lowest BCUT2D eigenvalue weighted by Gasteiger charge is -2.25. The maximum atomic E-state index is 14.5. The second-order valence-corrected chi connectivity index (χ2v) is 7.39. The normalized spacial score (nSPS) is 17.8. The molecule has 2 aromatic carbocycles. The van der Waals surface area contributed by atoms with Gasteiger partial charge in [-0.2, -0.15) is 13.2 Å². The molecule has 0 spiro atoms. The van der Waals surface area contributed by atoms with Crippen LogP contribution >= 0.6 is 0 Å². The minimum atomic E-state index is -5.08. The predicted molar refractivity (Wildman–Crippen MR) is 108 cm³/mol. The monoisotopic (exact) mass is 458 g/mol. The number of rotatable bonds is 4. The lowest BCUT2D eigenvalue weighted by atomic mass is 9.91. The number of hydrogen-bond acceptors (Lipinski definition) is 3. The fourth-order valence-electron chi connectivity index (χ4n) is 3.22. The molecular weight excluding hydrogens is 435 g/mol. The van der Waals surface area contributed by atoms with E-state index in [1.54, 1.807) is 19.1 Å². The van der Waals surface area contributed by atoms with Gasteiger partial charge in [0.25, 0.3) is 0 Å². The molecule has 174 valence electrons. The zero-order valence-corrected chi connectivity index (χ0v) is 17.2. The molecule has 1 heterocycles. The van der Waals surface area contributed by atoms with Crippen molar-refractivity contribution in [2.75, 3.05) is 13.1 Å². The van der Waals surface area contributed by atoms with Gasteiger partial charge in [-0.15, -0.1) is 0 Å². The van der Waals surface area contributed by atoms with E-state index in [1.807, 2.05) is 30.3 Å². The first-order valence-corrected chi connectivity index (χ1v) is 9.75. The Morgan fingerprint density at radius 1 is 1.16 bits per heavy atom. The van der Waals surface area contributed by atoms with Crippen molar-refractivity contribution in [3.05, 3.63) is 59.9 Å². The Bertz CT molecular complexity index is 937. The molecule has 1 amide bonds. The number of carbonyl (C=O) groups is 2. The van der Waals surface area contributed by atoms with Gasteiger partial charge in [0, 0.05) is 18.0 Å². The Balaban J connectivity index is 0.000000451. The molecule has 2 aromatic rings. The molecule has 1 aliphatic heterocycles. The van der Waals surface area contributed by atoms with Crippen LogP contribution in [-0.4, -0.2) is 53.4 Å². The van der Waals surface area contributed by atoms with Crippen molar-refractivity contribution >= 4 is 11.9 Å². The summed E-state index contributed by atoms with van der Waals surface area (Å²) in [7, 11) is 0. The van der Waals surface area contributed by atoms with Gasteiger partial charge in [0.05, 0.1) is 12.6 Å². The number of aliphatic carboxylic acids is 1. The van der Waals surface area contributed by atoms with Gasteiger partial charge in [-0.25, -0.2) is 13.6 Å². The number of carboxylic acids is 1. The highest BCUT2D eigenvalue weighted by atomic mass is 19.4. The summed E-state index contributed by atoms with van der Waals surface area (Å²) < 4.78 is 59.6. The molecular formula is C22H23F5N2O3. The third kappa shape index (κ3) is 6.49. The zero-order chi connectivity index (χ0) is 24.1. The summed E-state index contributed by atoms with van der Waals surface area (Å²) in [6, 6.07) is 13.4. The Kier molecular flexibility index (Phi) is 8.31.